The van der Waals surface area contributed by atoms with Gasteiger partial charge in [0.1, 0.15) is 6.07 Å². The smallest absolute Gasteiger partial charge is 0.446 e. The molecule has 0 heterocycles. The second-order valence-corrected chi connectivity index (χ2v) is 4.88. The van der Waals surface area contributed by atoms with Gasteiger partial charge >= 0.3 is 17.7 Å². The lowest BCUT2D eigenvalue weighted by atomic mass is 10.0. The number of halogens is 6. The van der Waals surface area contributed by atoms with Crippen LogP contribution in [-0.4, -0.2) is 18.1 Å². The van der Waals surface area contributed by atoms with Crippen LogP contribution in [0.1, 0.15) is 28.4 Å². The zero-order valence-corrected chi connectivity index (χ0v) is 11.6. The van der Waals surface area contributed by atoms with E-state index in [4.69, 9.17) is 5.26 Å². The van der Waals surface area contributed by atoms with E-state index in [1.165, 1.54) is 6.92 Å². The highest BCUT2D eigenvalue weighted by molar-refractivity contribution is 8.00. The van der Waals surface area contributed by atoms with Crippen LogP contribution in [0.4, 0.5) is 26.3 Å². The summed E-state index contributed by atoms with van der Waals surface area (Å²) >= 11 is -0.898. The van der Waals surface area contributed by atoms with Crippen LogP contribution in [0.2, 0.25) is 0 Å². The molecular formula is C12H7F6NO2S. The van der Waals surface area contributed by atoms with Gasteiger partial charge in [0, 0.05) is 4.90 Å². The molecule has 0 aliphatic heterocycles. The van der Waals surface area contributed by atoms with Crippen molar-refractivity contribution in [2.24, 2.45) is 0 Å². The molecule has 10 heteroatoms. The fourth-order valence-electron chi connectivity index (χ4n) is 1.49. The van der Waals surface area contributed by atoms with Gasteiger partial charge in [-0.1, -0.05) is 0 Å². The van der Waals surface area contributed by atoms with Crippen molar-refractivity contribution in [2.75, 3.05) is 6.61 Å². The van der Waals surface area contributed by atoms with Crippen LogP contribution in [0.25, 0.3) is 0 Å². The third-order valence-corrected chi connectivity index (χ3v) is 3.03. The fraction of sp³-hybridized carbons (Fsp3) is 0.333. The minimum Gasteiger partial charge on any atom is -0.462 e. The first-order valence-electron chi connectivity index (χ1n) is 5.57. The van der Waals surface area contributed by atoms with Gasteiger partial charge in [0.2, 0.25) is 0 Å². The summed E-state index contributed by atoms with van der Waals surface area (Å²) in [6.07, 6.45) is -5.09. The first-order chi connectivity index (χ1) is 9.99. The van der Waals surface area contributed by atoms with Crippen molar-refractivity contribution in [2.45, 2.75) is 23.5 Å². The second kappa shape index (κ2) is 6.48. The van der Waals surface area contributed by atoms with E-state index in [0.717, 1.165) is 6.07 Å². The number of nitrogens with zero attached hydrogens (tertiary/aromatic N) is 1. The fourth-order valence-corrected chi connectivity index (χ4v) is 2.18. The average Bonchev–Trinajstić information content (AvgIpc) is 2.35. The lowest BCUT2D eigenvalue weighted by Crippen LogP contribution is -2.14. The van der Waals surface area contributed by atoms with E-state index < -0.39 is 51.0 Å². The van der Waals surface area contributed by atoms with Crippen LogP contribution in [0.15, 0.2) is 17.0 Å². The standard InChI is InChI=1S/C12H7F6NO2S/c1-2-21-10(20)6-3-8(11(13,14)15)7(5-19)9(4-6)22-12(16,17)18/h3-4H,2H2,1H3. The van der Waals surface area contributed by atoms with Crippen molar-refractivity contribution in [3.05, 3.63) is 28.8 Å². The Bertz CT molecular complexity index is 618. The minimum absolute atomic E-state index is 0.165. The zero-order valence-electron chi connectivity index (χ0n) is 10.8. The van der Waals surface area contributed by atoms with Gasteiger partial charge in [0.25, 0.3) is 0 Å². The summed E-state index contributed by atoms with van der Waals surface area (Å²) < 4.78 is 80.4. The van der Waals surface area contributed by atoms with Crippen LogP contribution in [0.3, 0.4) is 0 Å². The summed E-state index contributed by atoms with van der Waals surface area (Å²) in [6.45, 7) is 1.22. The van der Waals surface area contributed by atoms with E-state index in [1.807, 2.05) is 0 Å². The number of carbonyl (C=O) groups is 1. The predicted octanol–water partition coefficient (Wildman–Crippen LogP) is 4.37. The molecule has 22 heavy (non-hydrogen) atoms. The Morgan fingerprint density at radius 3 is 2.27 bits per heavy atom. The number of esters is 1. The van der Waals surface area contributed by atoms with Crippen LogP contribution >= 0.6 is 11.8 Å². The molecular weight excluding hydrogens is 336 g/mol. The van der Waals surface area contributed by atoms with Gasteiger partial charge in [0.05, 0.1) is 23.3 Å². The molecule has 0 fully saturated rings. The Hall–Kier alpha value is -1.89. The Balaban J connectivity index is 3.56. The molecule has 0 amide bonds. The molecule has 0 saturated heterocycles. The molecule has 0 atom stereocenters. The zero-order chi connectivity index (χ0) is 17.1. The third-order valence-electron chi connectivity index (χ3n) is 2.26. The van der Waals surface area contributed by atoms with E-state index in [9.17, 15) is 31.1 Å². The Morgan fingerprint density at radius 2 is 1.86 bits per heavy atom. The van der Waals surface area contributed by atoms with Crippen LogP contribution in [-0.2, 0) is 10.9 Å². The molecule has 0 unspecified atom stereocenters. The second-order valence-electron chi connectivity index (χ2n) is 3.77. The maximum atomic E-state index is 12.9. The van der Waals surface area contributed by atoms with Crippen LogP contribution in [0, 0.1) is 11.3 Å². The molecule has 0 saturated carbocycles. The van der Waals surface area contributed by atoms with Crippen molar-refractivity contribution in [3.63, 3.8) is 0 Å². The summed E-state index contributed by atoms with van der Waals surface area (Å²) in [6, 6.07) is 1.96. The van der Waals surface area contributed by atoms with Crippen molar-refractivity contribution in [1.29, 1.82) is 5.26 Å². The first kappa shape index (κ1) is 18.2. The molecule has 0 radical (unpaired) electrons. The third kappa shape index (κ3) is 4.56. The highest BCUT2D eigenvalue weighted by atomic mass is 32.2. The van der Waals surface area contributed by atoms with Gasteiger partial charge < -0.3 is 4.74 Å². The van der Waals surface area contributed by atoms with Gasteiger partial charge in [0.15, 0.2) is 0 Å². The number of alkyl halides is 6. The Kier molecular flexibility index (Phi) is 5.35. The molecule has 1 aromatic carbocycles. The maximum absolute atomic E-state index is 12.9. The maximum Gasteiger partial charge on any atom is 0.446 e. The highest BCUT2D eigenvalue weighted by Crippen LogP contribution is 2.43. The summed E-state index contributed by atoms with van der Waals surface area (Å²) in [4.78, 5) is 10.5. The topological polar surface area (TPSA) is 50.1 Å². The number of thioether (sulfide) groups is 1. The van der Waals surface area contributed by atoms with E-state index in [1.54, 1.807) is 0 Å². The Morgan fingerprint density at radius 1 is 1.27 bits per heavy atom. The van der Waals surface area contributed by atoms with Gasteiger partial charge in [-0.2, -0.15) is 31.6 Å². The van der Waals surface area contributed by atoms with Crippen molar-refractivity contribution < 1.29 is 35.9 Å². The van der Waals surface area contributed by atoms with E-state index in [0.29, 0.717) is 12.1 Å². The molecule has 1 rings (SSSR count). The molecule has 3 nitrogen and oxygen atoms in total. The lowest BCUT2D eigenvalue weighted by molar-refractivity contribution is -0.138. The average molecular weight is 343 g/mol. The van der Waals surface area contributed by atoms with Crippen molar-refractivity contribution >= 4 is 17.7 Å². The van der Waals surface area contributed by atoms with Gasteiger partial charge in [-0.15, -0.1) is 0 Å². The highest BCUT2D eigenvalue weighted by Gasteiger charge is 2.38. The summed E-state index contributed by atoms with van der Waals surface area (Å²) in [5.74, 6) is -1.21. The van der Waals surface area contributed by atoms with Gasteiger partial charge in [-0.25, -0.2) is 4.79 Å². The summed E-state index contributed by atoms with van der Waals surface area (Å²) in [7, 11) is 0. The summed E-state index contributed by atoms with van der Waals surface area (Å²) in [5, 5.41) is 8.75. The van der Waals surface area contributed by atoms with Gasteiger partial charge in [-0.3, -0.25) is 0 Å². The monoisotopic (exact) mass is 343 g/mol. The quantitative estimate of drug-likeness (QED) is 0.465. The normalized spacial score (nSPS) is 11.9. The Labute approximate surface area is 124 Å². The number of hydrogen-bond donors (Lipinski definition) is 0. The number of carbonyl (C=O) groups excluding carboxylic acids is 1. The van der Waals surface area contributed by atoms with E-state index in [-0.39, 0.29) is 6.61 Å². The van der Waals surface area contributed by atoms with Crippen LogP contribution in [0.5, 0.6) is 0 Å². The first-order valence-corrected chi connectivity index (χ1v) is 6.39. The molecule has 1 aromatic rings. The van der Waals surface area contributed by atoms with E-state index >= 15 is 0 Å². The predicted molar refractivity (Wildman–Crippen MR) is 64.0 cm³/mol. The molecule has 0 N–H and O–H groups in total. The molecule has 0 aromatic heterocycles. The number of ether oxygens (including phenoxy) is 1. The SMILES string of the molecule is CCOC(=O)c1cc(SC(F)(F)F)c(C#N)c(C(F)(F)F)c1. The minimum atomic E-state index is -5.09. The number of hydrogen-bond acceptors (Lipinski definition) is 4. The summed E-state index contributed by atoms with van der Waals surface area (Å²) in [5.41, 5.74) is -8.43. The molecule has 0 bridgehead atoms. The largest absolute Gasteiger partial charge is 0.462 e. The van der Waals surface area contributed by atoms with Crippen molar-refractivity contribution in [1.82, 2.24) is 0 Å². The van der Waals surface area contributed by atoms with Crippen LogP contribution < -0.4 is 0 Å². The van der Waals surface area contributed by atoms with E-state index in [2.05, 4.69) is 4.74 Å². The number of benzene rings is 1. The molecule has 0 aliphatic carbocycles. The number of rotatable bonds is 3. The number of nitriles is 1. The lowest BCUT2D eigenvalue weighted by Gasteiger charge is -2.15. The molecule has 0 aliphatic rings. The van der Waals surface area contributed by atoms with Gasteiger partial charge in [-0.05, 0) is 30.8 Å². The molecule has 120 valence electrons. The molecule has 0 spiro atoms. The van der Waals surface area contributed by atoms with Crippen molar-refractivity contribution in [3.8, 4) is 6.07 Å².